The first-order valence-corrected chi connectivity index (χ1v) is 5.13. The van der Waals surface area contributed by atoms with E-state index in [4.69, 9.17) is 0 Å². The standard InChI is InChI=1S/C10H16N4/c1-13(10-11-6-5-7-12-10)14-8-3-2-4-9-14/h5-7H,2-4,8-9H2,1H3. The Morgan fingerprint density at radius 1 is 1.14 bits per heavy atom. The minimum absolute atomic E-state index is 0.786. The van der Waals surface area contributed by atoms with Crippen molar-refractivity contribution in [3.63, 3.8) is 0 Å². The summed E-state index contributed by atoms with van der Waals surface area (Å²) >= 11 is 0. The van der Waals surface area contributed by atoms with E-state index in [1.807, 2.05) is 13.1 Å². The molecule has 1 aromatic rings. The van der Waals surface area contributed by atoms with Gasteiger partial charge in [0.15, 0.2) is 0 Å². The highest BCUT2D eigenvalue weighted by Gasteiger charge is 2.16. The van der Waals surface area contributed by atoms with Crippen LogP contribution in [-0.4, -0.2) is 35.1 Å². The van der Waals surface area contributed by atoms with Gasteiger partial charge in [-0.3, -0.25) is 5.01 Å². The summed E-state index contributed by atoms with van der Waals surface area (Å²) in [6, 6.07) is 1.84. The molecule has 1 saturated heterocycles. The summed E-state index contributed by atoms with van der Waals surface area (Å²) < 4.78 is 0. The van der Waals surface area contributed by atoms with Crippen LogP contribution in [0.3, 0.4) is 0 Å². The van der Waals surface area contributed by atoms with Crippen molar-refractivity contribution >= 4 is 5.95 Å². The molecule has 0 N–H and O–H groups in total. The van der Waals surface area contributed by atoms with Crippen LogP contribution in [0.15, 0.2) is 18.5 Å². The van der Waals surface area contributed by atoms with Crippen LogP contribution < -0.4 is 5.01 Å². The molecule has 2 heterocycles. The number of hydrogen-bond acceptors (Lipinski definition) is 4. The fourth-order valence-corrected chi connectivity index (χ4v) is 1.76. The summed E-state index contributed by atoms with van der Waals surface area (Å²) in [5.74, 6) is 0.786. The summed E-state index contributed by atoms with van der Waals surface area (Å²) in [5, 5.41) is 4.36. The minimum atomic E-state index is 0.786. The first-order valence-electron chi connectivity index (χ1n) is 5.13. The third-order valence-electron chi connectivity index (χ3n) is 2.60. The van der Waals surface area contributed by atoms with Crippen molar-refractivity contribution in [2.75, 3.05) is 25.1 Å². The lowest BCUT2D eigenvalue weighted by atomic mass is 10.2. The van der Waals surface area contributed by atoms with Crippen molar-refractivity contribution in [2.45, 2.75) is 19.3 Å². The van der Waals surface area contributed by atoms with E-state index >= 15 is 0 Å². The molecule has 0 spiro atoms. The summed E-state index contributed by atoms with van der Waals surface area (Å²) in [5.41, 5.74) is 0. The largest absolute Gasteiger partial charge is 0.277 e. The number of hydrogen-bond donors (Lipinski definition) is 0. The number of piperidine rings is 1. The SMILES string of the molecule is CN(c1ncccn1)N1CCCCC1. The van der Waals surface area contributed by atoms with Crippen LogP contribution >= 0.6 is 0 Å². The van der Waals surface area contributed by atoms with Gasteiger partial charge in [-0.25, -0.2) is 15.0 Å². The first kappa shape index (κ1) is 9.40. The van der Waals surface area contributed by atoms with Gasteiger partial charge < -0.3 is 0 Å². The zero-order chi connectivity index (χ0) is 9.80. The molecule has 4 nitrogen and oxygen atoms in total. The highest BCUT2D eigenvalue weighted by Crippen LogP contribution is 2.13. The first-order chi connectivity index (χ1) is 6.88. The van der Waals surface area contributed by atoms with Crippen molar-refractivity contribution in [2.24, 2.45) is 0 Å². The van der Waals surface area contributed by atoms with E-state index in [0.29, 0.717) is 0 Å². The van der Waals surface area contributed by atoms with Crippen LogP contribution in [0.4, 0.5) is 5.95 Å². The lowest BCUT2D eigenvalue weighted by Gasteiger charge is -2.34. The monoisotopic (exact) mass is 192 g/mol. The Morgan fingerprint density at radius 3 is 2.43 bits per heavy atom. The molecule has 1 fully saturated rings. The molecule has 0 atom stereocenters. The molecule has 76 valence electrons. The Labute approximate surface area is 84.5 Å². The molecule has 0 amide bonds. The Balaban J connectivity index is 2.03. The van der Waals surface area contributed by atoms with Crippen molar-refractivity contribution in [3.05, 3.63) is 18.5 Å². The predicted molar refractivity (Wildman–Crippen MR) is 55.9 cm³/mol. The van der Waals surface area contributed by atoms with Crippen LogP contribution in [0.5, 0.6) is 0 Å². The molecule has 0 unspecified atom stereocenters. The fraction of sp³-hybridized carbons (Fsp3) is 0.600. The summed E-state index contributed by atoms with van der Waals surface area (Å²) in [7, 11) is 2.03. The van der Waals surface area contributed by atoms with Crippen LogP contribution in [0, 0.1) is 0 Å². The maximum absolute atomic E-state index is 4.23. The van der Waals surface area contributed by atoms with E-state index in [1.165, 1.54) is 19.3 Å². The van der Waals surface area contributed by atoms with Crippen molar-refractivity contribution in [1.29, 1.82) is 0 Å². The van der Waals surface area contributed by atoms with Crippen LogP contribution in [0.1, 0.15) is 19.3 Å². The van der Waals surface area contributed by atoms with E-state index in [2.05, 4.69) is 20.0 Å². The van der Waals surface area contributed by atoms with E-state index in [9.17, 15) is 0 Å². The summed E-state index contributed by atoms with van der Waals surface area (Å²) in [4.78, 5) is 8.45. The number of rotatable bonds is 2. The van der Waals surface area contributed by atoms with Gasteiger partial charge in [0.1, 0.15) is 0 Å². The normalized spacial score (nSPS) is 18.1. The molecule has 1 aliphatic rings. The lowest BCUT2D eigenvalue weighted by Crippen LogP contribution is -2.44. The van der Waals surface area contributed by atoms with Crippen LogP contribution in [0.2, 0.25) is 0 Å². The number of anilines is 1. The lowest BCUT2D eigenvalue weighted by molar-refractivity contribution is 0.217. The molecule has 2 rings (SSSR count). The van der Waals surface area contributed by atoms with E-state index in [1.54, 1.807) is 12.4 Å². The molecular formula is C10H16N4. The number of aromatic nitrogens is 2. The second kappa shape index (κ2) is 4.37. The van der Waals surface area contributed by atoms with Crippen molar-refractivity contribution < 1.29 is 0 Å². The van der Waals surface area contributed by atoms with Gasteiger partial charge in [0, 0.05) is 32.5 Å². The van der Waals surface area contributed by atoms with Gasteiger partial charge in [-0.1, -0.05) is 6.42 Å². The molecule has 4 heteroatoms. The molecule has 0 bridgehead atoms. The van der Waals surface area contributed by atoms with Crippen molar-refractivity contribution in [1.82, 2.24) is 15.0 Å². The molecule has 0 aliphatic carbocycles. The van der Waals surface area contributed by atoms with E-state index in [0.717, 1.165) is 19.0 Å². The highest BCUT2D eigenvalue weighted by atomic mass is 15.6. The molecule has 1 aromatic heterocycles. The molecule has 0 saturated carbocycles. The quantitative estimate of drug-likeness (QED) is 0.707. The summed E-state index contributed by atoms with van der Waals surface area (Å²) in [6.07, 6.45) is 7.46. The average Bonchev–Trinajstić information content (AvgIpc) is 2.30. The van der Waals surface area contributed by atoms with E-state index < -0.39 is 0 Å². The molecule has 0 radical (unpaired) electrons. The number of nitrogens with zero attached hydrogens (tertiary/aromatic N) is 4. The van der Waals surface area contributed by atoms with Gasteiger partial charge in [-0.15, -0.1) is 0 Å². The number of hydrazine groups is 1. The molecular weight excluding hydrogens is 176 g/mol. The topological polar surface area (TPSA) is 32.3 Å². The average molecular weight is 192 g/mol. The molecule has 0 aromatic carbocycles. The van der Waals surface area contributed by atoms with Gasteiger partial charge >= 0.3 is 0 Å². The van der Waals surface area contributed by atoms with Gasteiger partial charge in [0.25, 0.3) is 0 Å². The fourth-order valence-electron chi connectivity index (χ4n) is 1.76. The molecule has 1 aliphatic heterocycles. The highest BCUT2D eigenvalue weighted by molar-refractivity contribution is 5.24. The Morgan fingerprint density at radius 2 is 1.79 bits per heavy atom. The van der Waals surface area contributed by atoms with E-state index in [-0.39, 0.29) is 0 Å². The third kappa shape index (κ3) is 2.01. The second-order valence-corrected chi connectivity index (χ2v) is 3.59. The molecule has 14 heavy (non-hydrogen) atoms. The Bertz CT molecular complexity index is 269. The van der Waals surface area contributed by atoms with Gasteiger partial charge in [-0.2, -0.15) is 0 Å². The van der Waals surface area contributed by atoms with Gasteiger partial charge in [-0.05, 0) is 18.9 Å². The minimum Gasteiger partial charge on any atom is -0.277 e. The third-order valence-corrected chi connectivity index (χ3v) is 2.60. The maximum atomic E-state index is 4.23. The van der Waals surface area contributed by atoms with Gasteiger partial charge in [0.05, 0.1) is 0 Å². The van der Waals surface area contributed by atoms with Gasteiger partial charge in [0.2, 0.25) is 5.95 Å². The zero-order valence-corrected chi connectivity index (χ0v) is 8.56. The smallest absolute Gasteiger partial charge is 0.239 e. The maximum Gasteiger partial charge on any atom is 0.239 e. The van der Waals surface area contributed by atoms with Crippen molar-refractivity contribution in [3.8, 4) is 0 Å². The second-order valence-electron chi connectivity index (χ2n) is 3.59. The predicted octanol–water partition coefficient (Wildman–Crippen LogP) is 1.31. The Hall–Kier alpha value is -1.16. The Kier molecular flexibility index (Phi) is 2.93. The van der Waals surface area contributed by atoms with Crippen LogP contribution in [0.25, 0.3) is 0 Å². The zero-order valence-electron chi connectivity index (χ0n) is 8.56. The van der Waals surface area contributed by atoms with Crippen LogP contribution in [-0.2, 0) is 0 Å². The summed E-state index contributed by atoms with van der Waals surface area (Å²) in [6.45, 7) is 2.24.